The summed E-state index contributed by atoms with van der Waals surface area (Å²) in [5.74, 6) is -0.726. The number of primary amides is 1. The summed E-state index contributed by atoms with van der Waals surface area (Å²) in [4.78, 5) is 15.0. The van der Waals surface area contributed by atoms with Crippen molar-refractivity contribution >= 4 is 5.91 Å². The highest BCUT2D eigenvalue weighted by Gasteiger charge is 2.30. The van der Waals surface area contributed by atoms with Gasteiger partial charge in [-0.05, 0) is 23.8 Å². The predicted molar refractivity (Wildman–Crippen MR) is 63.2 cm³/mol. The van der Waals surface area contributed by atoms with Gasteiger partial charge in [-0.25, -0.2) is 0 Å². The van der Waals surface area contributed by atoms with Crippen LogP contribution >= 0.6 is 0 Å². The Balaban J connectivity index is 2.46. The van der Waals surface area contributed by atoms with Crippen LogP contribution in [0.4, 0.5) is 13.2 Å². The highest BCUT2D eigenvalue weighted by Crippen LogP contribution is 2.31. The Bertz CT molecular complexity index is 606. The average Bonchev–Trinajstić information content (AvgIpc) is 2.38. The molecule has 1 aromatic heterocycles. The van der Waals surface area contributed by atoms with Gasteiger partial charge in [0, 0.05) is 11.8 Å². The Morgan fingerprint density at radius 3 is 2.26 bits per heavy atom. The monoisotopic (exact) mass is 266 g/mol. The van der Waals surface area contributed by atoms with Crippen molar-refractivity contribution in [3.63, 3.8) is 0 Å². The van der Waals surface area contributed by atoms with E-state index in [1.54, 1.807) is 12.1 Å². The molecule has 2 rings (SSSR count). The van der Waals surface area contributed by atoms with Gasteiger partial charge in [-0.2, -0.15) is 13.2 Å². The molecular formula is C13H9F3N2O. The highest BCUT2D eigenvalue weighted by molar-refractivity contribution is 5.97. The summed E-state index contributed by atoms with van der Waals surface area (Å²) in [5, 5.41) is 0. The van der Waals surface area contributed by atoms with Gasteiger partial charge in [-0.15, -0.1) is 0 Å². The van der Waals surface area contributed by atoms with E-state index < -0.39 is 17.6 Å². The molecule has 1 aromatic carbocycles. The summed E-state index contributed by atoms with van der Waals surface area (Å²) < 4.78 is 37.3. The second-order valence-corrected chi connectivity index (χ2v) is 3.84. The van der Waals surface area contributed by atoms with Crippen LogP contribution in [0.3, 0.4) is 0 Å². The molecule has 0 saturated heterocycles. The number of amides is 1. The van der Waals surface area contributed by atoms with Crippen LogP contribution in [0.1, 0.15) is 16.1 Å². The number of benzene rings is 1. The summed E-state index contributed by atoms with van der Waals surface area (Å²) in [5.41, 5.74) is 5.31. The van der Waals surface area contributed by atoms with E-state index in [4.69, 9.17) is 5.73 Å². The zero-order valence-electron chi connectivity index (χ0n) is 9.61. The predicted octanol–water partition coefficient (Wildman–Crippen LogP) is 2.87. The molecular weight excluding hydrogens is 257 g/mol. The van der Waals surface area contributed by atoms with E-state index in [1.807, 2.05) is 0 Å². The van der Waals surface area contributed by atoms with Crippen molar-refractivity contribution in [3.8, 4) is 11.1 Å². The molecule has 0 bridgehead atoms. The van der Waals surface area contributed by atoms with Gasteiger partial charge in [0.15, 0.2) is 0 Å². The molecule has 0 atom stereocenters. The molecule has 1 heterocycles. The number of nitrogens with two attached hydrogens (primary N) is 1. The highest BCUT2D eigenvalue weighted by atomic mass is 19.4. The summed E-state index contributed by atoms with van der Waals surface area (Å²) in [6, 6.07) is 7.63. The Labute approximate surface area is 106 Å². The quantitative estimate of drug-likeness (QED) is 0.908. The van der Waals surface area contributed by atoms with E-state index in [-0.39, 0.29) is 5.69 Å². The lowest BCUT2D eigenvalue weighted by Gasteiger charge is -2.09. The fourth-order valence-corrected chi connectivity index (χ4v) is 1.67. The first-order valence-electron chi connectivity index (χ1n) is 5.32. The molecule has 0 spiro atoms. The Morgan fingerprint density at radius 2 is 1.74 bits per heavy atom. The number of pyridine rings is 1. The van der Waals surface area contributed by atoms with Crippen LogP contribution in [-0.2, 0) is 6.18 Å². The first-order valence-corrected chi connectivity index (χ1v) is 5.32. The fraction of sp³-hybridized carbons (Fsp3) is 0.0769. The summed E-state index contributed by atoms with van der Waals surface area (Å²) in [6.45, 7) is 0. The van der Waals surface area contributed by atoms with Crippen molar-refractivity contribution in [1.82, 2.24) is 4.98 Å². The maximum atomic E-state index is 12.4. The zero-order chi connectivity index (χ0) is 14.0. The van der Waals surface area contributed by atoms with Gasteiger partial charge in [0.1, 0.15) is 5.69 Å². The van der Waals surface area contributed by atoms with E-state index in [0.29, 0.717) is 11.1 Å². The van der Waals surface area contributed by atoms with E-state index in [2.05, 4.69) is 4.98 Å². The molecule has 6 heteroatoms. The first-order chi connectivity index (χ1) is 8.89. The lowest BCUT2D eigenvalue weighted by atomic mass is 10.0. The number of carbonyl (C=O) groups excluding carboxylic acids is 1. The molecule has 1 amide bonds. The molecule has 19 heavy (non-hydrogen) atoms. The fourth-order valence-electron chi connectivity index (χ4n) is 1.67. The standard InChI is InChI=1S/C13H9F3N2O/c14-13(15,16)9-5-3-8(4-6-9)10-2-1-7-18-11(10)12(17)19/h1-7H,(H2,17,19). The molecule has 98 valence electrons. The molecule has 0 aliphatic rings. The summed E-state index contributed by atoms with van der Waals surface area (Å²) in [7, 11) is 0. The minimum absolute atomic E-state index is 0.0299. The van der Waals surface area contributed by atoms with Crippen LogP contribution < -0.4 is 5.73 Å². The Hall–Kier alpha value is -2.37. The van der Waals surface area contributed by atoms with Crippen molar-refractivity contribution in [2.45, 2.75) is 6.18 Å². The second-order valence-electron chi connectivity index (χ2n) is 3.84. The van der Waals surface area contributed by atoms with Crippen LogP contribution in [0.15, 0.2) is 42.6 Å². The zero-order valence-corrected chi connectivity index (χ0v) is 9.61. The largest absolute Gasteiger partial charge is 0.416 e. The van der Waals surface area contributed by atoms with Crippen LogP contribution in [0.5, 0.6) is 0 Å². The maximum Gasteiger partial charge on any atom is 0.416 e. The van der Waals surface area contributed by atoms with Crippen LogP contribution in [0, 0.1) is 0 Å². The topological polar surface area (TPSA) is 56.0 Å². The number of carbonyl (C=O) groups is 1. The molecule has 0 radical (unpaired) electrons. The number of hydrogen-bond donors (Lipinski definition) is 1. The van der Waals surface area contributed by atoms with Gasteiger partial charge >= 0.3 is 6.18 Å². The van der Waals surface area contributed by atoms with Crippen molar-refractivity contribution in [2.75, 3.05) is 0 Å². The SMILES string of the molecule is NC(=O)c1ncccc1-c1ccc(C(F)(F)F)cc1. The molecule has 2 aromatic rings. The third-order valence-electron chi connectivity index (χ3n) is 2.56. The van der Waals surface area contributed by atoms with Crippen LogP contribution in [-0.4, -0.2) is 10.9 Å². The molecule has 0 fully saturated rings. The Kier molecular flexibility index (Phi) is 3.25. The van der Waals surface area contributed by atoms with Crippen LogP contribution in [0.2, 0.25) is 0 Å². The number of hydrogen-bond acceptors (Lipinski definition) is 2. The summed E-state index contributed by atoms with van der Waals surface area (Å²) >= 11 is 0. The third kappa shape index (κ3) is 2.73. The molecule has 2 N–H and O–H groups in total. The van der Waals surface area contributed by atoms with Gasteiger partial charge in [0.25, 0.3) is 5.91 Å². The van der Waals surface area contributed by atoms with E-state index in [9.17, 15) is 18.0 Å². The van der Waals surface area contributed by atoms with Crippen molar-refractivity contribution < 1.29 is 18.0 Å². The molecule has 0 unspecified atom stereocenters. The number of nitrogens with zero attached hydrogens (tertiary/aromatic N) is 1. The van der Waals surface area contributed by atoms with Gasteiger partial charge in [-0.1, -0.05) is 18.2 Å². The van der Waals surface area contributed by atoms with E-state index in [0.717, 1.165) is 12.1 Å². The van der Waals surface area contributed by atoms with E-state index in [1.165, 1.54) is 18.3 Å². The Morgan fingerprint density at radius 1 is 1.11 bits per heavy atom. The van der Waals surface area contributed by atoms with E-state index >= 15 is 0 Å². The summed E-state index contributed by atoms with van der Waals surface area (Å²) in [6.07, 6.45) is -2.99. The van der Waals surface area contributed by atoms with Gasteiger partial charge in [-0.3, -0.25) is 9.78 Å². The molecule has 0 aliphatic heterocycles. The number of aromatic nitrogens is 1. The number of halogens is 3. The molecule has 0 saturated carbocycles. The normalized spacial score (nSPS) is 11.3. The molecule has 0 aliphatic carbocycles. The second kappa shape index (κ2) is 4.72. The first kappa shape index (κ1) is 13.1. The number of rotatable bonds is 2. The lowest BCUT2D eigenvalue weighted by molar-refractivity contribution is -0.137. The van der Waals surface area contributed by atoms with Crippen molar-refractivity contribution in [1.29, 1.82) is 0 Å². The average molecular weight is 266 g/mol. The van der Waals surface area contributed by atoms with Gasteiger partial charge < -0.3 is 5.73 Å². The molecule has 3 nitrogen and oxygen atoms in total. The number of alkyl halides is 3. The van der Waals surface area contributed by atoms with Gasteiger partial charge in [0.05, 0.1) is 5.56 Å². The lowest BCUT2D eigenvalue weighted by Crippen LogP contribution is -2.14. The third-order valence-corrected chi connectivity index (χ3v) is 2.56. The van der Waals surface area contributed by atoms with Gasteiger partial charge in [0.2, 0.25) is 0 Å². The minimum atomic E-state index is -4.39. The maximum absolute atomic E-state index is 12.4. The van der Waals surface area contributed by atoms with Crippen molar-refractivity contribution in [3.05, 3.63) is 53.9 Å². The minimum Gasteiger partial charge on any atom is -0.364 e. The van der Waals surface area contributed by atoms with Crippen LogP contribution in [0.25, 0.3) is 11.1 Å². The van der Waals surface area contributed by atoms with Crippen molar-refractivity contribution in [2.24, 2.45) is 5.73 Å². The smallest absolute Gasteiger partial charge is 0.364 e.